The van der Waals surface area contributed by atoms with Gasteiger partial charge in [-0.05, 0) is 56.3 Å². The minimum Gasteiger partial charge on any atom is -0.327 e. The fraction of sp³-hybridized carbons (Fsp3) is 0.222. The topological polar surface area (TPSA) is 49.4 Å². The second-order valence-corrected chi connectivity index (χ2v) is 5.71. The average Bonchev–Trinajstić information content (AvgIpc) is 2.56. The maximum atomic E-state index is 13.3. The summed E-state index contributed by atoms with van der Waals surface area (Å²) >= 11 is 0. The van der Waals surface area contributed by atoms with E-state index in [4.69, 9.17) is 0 Å². The standard InChI is InChI=1S/C18H17F3N2O2/c1-11(2)23(18(25)12-3-8-15(20)16(21)9-12)10-17(24)22-14-6-4-13(19)5-7-14/h3-9,11H,10H2,1-2H3,(H,22,24). The van der Waals surface area contributed by atoms with Crippen LogP contribution < -0.4 is 5.32 Å². The van der Waals surface area contributed by atoms with Gasteiger partial charge in [-0.1, -0.05) is 0 Å². The van der Waals surface area contributed by atoms with Crippen LogP contribution in [-0.2, 0) is 4.79 Å². The fourth-order valence-corrected chi connectivity index (χ4v) is 2.17. The number of amides is 2. The molecule has 132 valence electrons. The van der Waals surface area contributed by atoms with Crippen LogP contribution in [0.2, 0.25) is 0 Å². The average molecular weight is 350 g/mol. The molecule has 0 saturated heterocycles. The largest absolute Gasteiger partial charge is 0.327 e. The zero-order valence-corrected chi connectivity index (χ0v) is 13.7. The van der Waals surface area contributed by atoms with Crippen molar-refractivity contribution in [2.45, 2.75) is 19.9 Å². The molecular formula is C18H17F3N2O2. The maximum Gasteiger partial charge on any atom is 0.254 e. The molecule has 0 atom stereocenters. The van der Waals surface area contributed by atoms with Crippen LogP contribution in [0, 0.1) is 17.5 Å². The number of benzene rings is 2. The van der Waals surface area contributed by atoms with Gasteiger partial charge < -0.3 is 10.2 Å². The van der Waals surface area contributed by atoms with Gasteiger partial charge >= 0.3 is 0 Å². The molecule has 0 bridgehead atoms. The van der Waals surface area contributed by atoms with Gasteiger partial charge in [0, 0.05) is 17.3 Å². The number of nitrogens with one attached hydrogen (secondary N) is 1. The first kappa shape index (κ1) is 18.5. The molecular weight excluding hydrogens is 333 g/mol. The van der Waals surface area contributed by atoms with Crippen molar-refractivity contribution in [3.8, 4) is 0 Å². The van der Waals surface area contributed by atoms with Crippen LogP contribution in [0.25, 0.3) is 0 Å². The Hall–Kier alpha value is -2.83. The number of nitrogens with zero attached hydrogens (tertiary/aromatic N) is 1. The van der Waals surface area contributed by atoms with Crippen molar-refractivity contribution in [1.29, 1.82) is 0 Å². The smallest absolute Gasteiger partial charge is 0.254 e. The van der Waals surface area contributed by atoms with Crippen molar-refractivity contribution in [3.63, 3.8) is 0 Å². The highest BCUT2D eigenvalue weighted by Crippen LogP contribution is 2.14. The molecule has 2 aromatic carbocycles. The Morgan fingerprint density at radius 3 is 2.20 bits per heavy atom. The van der Waals surface area contributed by atoms with Crippen molar-refractivity contribution in [1.82, 2.24) is 4.90 Å². The normalized spacial score (nSPS) is 10.6. The molecule has 0 fully saturated rings. The molecule has 0 saturated carbocycles. The first-order valence-corrected chi connectivity index (χ1v) is 7.59. The molecule has 2 aromatic rings. The zero-order chi connectivity index (χ0) is 18.6. The zero-order valence-electron chi connectivity index (χ0n) is 13.7. The van der Waals surface area contributed by atoms with E-state index in [2.05, 4.69) is 5.32 Å². The first-order chi connectivity index (χ1) is 11.8. The van der Waals surface area contributed by atoms with Crippen molar-refractivity contribution in [2.75, 3.05) is 11.9 Å². The molecule has 2 rings (SSSR count). The van der Waals surface area contributed by atoms with E-state index in [1.165, 1.54) is 29.2 Å². The second-order valence-electron chi connectivity index (χ2n) is 5.71. The number of carbonyl (C=O) groups excluding carboxylic acids is 2. The van der Waals surface area contributed by atoms with Crippen LogP contribution >= 0.6 is 0 Å². The van der Waals surface area contributed by atoms with E-state index in [-0.39, 0.29) is 18.2 Å². The molecule has 0 aromatic heterocycles. The molecule has 0 heterocycles. The molecule has 1 N–H and O–H groups in total. The van der Waals surface area contributed by atoms with Crippen LogP contribution in [0.15, 0.2) is 42.5 Å². The molecule has 2 amide bonds. The predicted octanol–water partition coefficient (Wildman–Crippen LogP) is 3.59. The number of carbonyl (C=O) groups is 2. The number of hydrogen-bond donors (Lipinski definition) is 1. The SMILES string of the molecule is CC(C)N(CC(=O)Nc1ccc(F)cc1)C(=O)c1ccc(F)c(F)c1. The van der Waals surface area contributed by atoms with Gasteiger partial charge in [-0.3, -0.25) is 9.59 Å². The second kappa shape index (κ2) is 7.83. The molecule has 0 spiro atoms. The lowest BCUT2D eigenvalue weighted by Gasteiger charge is -2.26. The Morgan fingerprint density at radius 2 is 1.64 bits per heavy atom. The highest BCUT2D eigenvalue weighted by Gasteiger charge is 2.22. The van der Waals surface area contributed by atoms with Gasteiger partial charge in [0.1, 0.15) is 12.4 Å². The van der Waals surface area contributed by atoms with E-state index in [0.717, 1.165) is 18.2 Å². The van der Waals surface area contributed by atoms with Gasteiger partial charge in [0.05, 0.1) is 0 Å². The summed E-state index contributed by atoms with van der Waals surface area (Å²) in [4.78, 5) is 25.9. The Kier molecular flexibility index (Phi) is 5.80. The Morgan fingerprint density at radius 1 is 1.00 bits per heavy atom. The fourth-order valence-electron chi connectivity index (χ4n) is 2.17. The number of hydrogen-bond acceptors (Lipinski definition) is 2. The molecule has 25 heavy (non-hydrogen) atoms. The van der Waals surface area contributed by atoms with E-state index in [9.17, 15) is 22.8 Å². The van der Waals surface area contributed by atoms with Gasteiger partial charge in [-0.2, -0.15) is 0 Å². The van der Waals surface area contributed by atoms with Gasteiger partial charge in [-0.15, -0.1) is 0 Å². The third-order valence-corrected chi connectivity index (χ3v) is 3.49. The third-order valence-electron chi connectivity index (χ3n) is 3.49. The van der Waals surface area contributed by atoms with Gasteiger partial charge in [-0.25, -0.2) is 13.2 Å². The summed E-state index contributed by atoms with van der Waals surface area (Å²) in [6, 6.07) is 7.65. The van der Waals surface area contributed by atoms with Crippen LogP contribution in [0.1, 0.15) is 24.2 Å². The van der Waals surface area contributed by atoms with Crippen LogP contribution in [0.5, 0.6) is 0 Å². The van der Waals surface area contributed by atoms with Crippen molar-refractivity contribution < 1.29 is 22.8 Å². The van der Waals surface area contributed by atoms with E-state index in [0.29, 0.717) is 5.69 Å². The van der Waals surface area contributed by atoms with Crippen LogP contribution in [-0.4, -0.2) is 29.3 Å². The van der Waals surface area contributed by atoms with Crippen molar-refractivity contribution in [3.05, 3.63) is 65.5 Å². The quantitative estimate of drug-likeness (QED) is 0.896. The van der Waals surface area contributed by atoms with E-state index in [1.807, 2.05) is 0 Å². The van der Waals surface area contributed by atoms with E-state index < -0.39 is 29.3 Å². The molecule has 0 aliphatic heterocycles. The molecule has 0 unspecified atom stereocenters. The van der Waals surface area contributed by atoms with Crippen molar-refractivity contribution >= 4 is 17.5 Å². The summed E-state index contributed by atoms with van der Waals surface area (Å²) in [6.45, 7) is 3.11. The highest BCUT2D eigenvalue weighted by molar-refractivity contribution is 5.99. The summed E-state index contributed by atoms with van der Waals surface area (Å²) in [5, 5.41) is 2.55. The van der Waals surface area contributed by atoms with Gasteiger partial charge in [0.25, 0.3) is 5.91 Å². The minimum absolute atomic E-state index is 0.0535. The van der Waals surface area contributed by atoms with E-state index in [1.54, 1.807) is 13.8 Å². The Bertz CT molecular complexity index is 776. The summed E-state index contributed by atoms with van der Waals surface area (Å²) in [5.41, 5.74) is 0.331. The van der Waals surface area contributed by atoms with Crippen molar-refractivity contribution in [2.24, 2.45) is 0 Å². The lowest BCUT2D eigenvalue weighted by molar-refractivity contribution is -0.117. The summed E-state index contributed by atoms with van der Waals surface area (Å²) in [6.07, 6.45) is 0. The Labute approximate surface area is 143 Å². The lowest BCUT2D eigenvalue weighted by Crippen LogP contribution is -2.42. The third kappa shape index (κ3) is 4.82. The van der Waals surface area contributed by atoms with Crippen LogP contribution in [0.4, 0.5) is 18.9 Å². The van der Waals surface area contributed by atoms with Gasteiger partial charge in [0.15, 0.2) is 11.6 Å². The summed E-state index contributed by atoms with van der Waals surface area (Å²) in [7, 11) is 0. The summed E-state index contributed by atoms with van der Waals surface area (Å²) in [5.74, 6) is -3.71. The van der Waals surface area contributed by atoms with Gasteiger partial charge in [0.2, 0.25) is 5.91 Å². The van der Waals surface area contributed by atoms with Crippen LogP contribution in [0.3, 0.4) is 0 Å². The van der Waals surface area contributed by atoms with E-state index >= 15 is 0 Å². The number of rotatable bonds is 5. The summed E-state index contributed by atoms with van der Waals surface area (Å²) < 4.78 is 39.2. The monoisotopic (exact) mass is 350 g/mol. The minimum atomic E-state index is -1.13. The first-order valence-electron chi connectivity index (χ1n) is 7.59. The highest BCUT2D eigenvalue weighted by atomic mass is 19.2. The molecule has 0 aliphatic carbocycles. The number of halogens is 3. The molecule has 7 heteroatoms. The number of anilines is 1. The lowest BCUT2D eigenvalue weighted by atomic mass is 10.1. The molecule has 4 nitrogen and oxygen atoms in total. The maximum absolute atomic E-state index is 13.3. The molecule has 0 aliphatic rings. The predicted molar refractivity (Wildman–Crippen MR) is 87.6 cm³/mol. The molecule has 0 radical (unpaired) electrons. The Balaban J connectivity index is 2.11.